The minimum absolute atomic E-state index is 0.262. The Morgan fingerprint density at radius 1 is 0.947 bits per heavy atom. The number of hydrogen-bond donors (Lipinski definition) is 1. The summed E-state index contributed by atoms with van der Waals surface area (Å²) in [6, 6.07) is 26.1. The van der Waals surface area contributed by atoms with E-state index in [2.05, 4.69) is 4.72 Å². The third kappa shape index (κ3) is 4.85. The number of hydrogen-bond acceptors (Lipinski definition) is 7. The van der Waals surface area contributed by atoms with E-state index in [0.717, 1.165) is 45.5 Å². The molecule has 0 saturated carbocycles. The van der Waals surface area contributed by atoms with Gasteiger partial charge in [-0.05, 0) is 48.0 Å². The summed E-state index contributed by atoms with van der Waals surface area (Å²) in [7, 11) is -3.37. The van der Waals surface area contributed by atoms with E-state index < -0.39 is 10.0 Å². The second kappa shape index (κ2) is 9.59. The number of nitrogens with one attached hydrogen (secondary N) is 1. The summed E-state index contributed by atoms with van der Waals surface area (Å²) in [6.07, 6.45) is 3.31. The Bertz CT molecular complexity index is 1760. The second-order valence-corrected chi connectivity index (χ2v) is 11.2. The summed E-state index contributed by atoms with van der Waals surface area (Å²) in [5.74, 6) is 1.17. The summed E-state index contributed by atoms with van der Waals surface area (Å²) < 4.78 is 31.4. The summed E-state index contributed by atoms with van der Waals surface area (Å²) >= 11 is 6.33. The number of halogens is 1. The third-order valence-electron chi connectivity index (χ3n) is 6.20. The lowest BCUT2D eigenvalue weighted by Crippen LogP contribution is -2.20. The first-order chi connectivity index (χ1) is 18.3. The zero-order valence-corrected chi connectivity index (χ0v) is 21.8. The van der Waals surface area contributed by atoms with Gasteiger partial charge in [-0.1, -0.05) is 54.1 Å². The van der Waals surface area contributed by atoms with Crippen molar-refractivity contribution in [2.75, 3.05) is 16.0 Å². The maximum Gasteiger partial charge on any atom is 0.248 e. The van der Waals surface area contributed by atoms with E-state index in [1.807, 2.05) is 72.8 Å². The van der Waals surface area contributed by atoms with Gasteiger partial charge in [0.25, 0.3) is 0 Å². The lowest BCUT2D eigenvalue weighted by molar-refractivity contribution is 0.463. The molecule has 2 aromatic heterocycles. The molecule has 190 valence electrons. The number of anilines is 2. The van der Waals surface area contributed by atoms with Crippen LogP contribution in [0.2, 0.25) is 5.02 Å². The number of sulfonamides is 1. The zero-order valence-electron chi connectivity index (χ0n) is 20.2. The van der Waals surface area contributed by atoms with E-state index in [4.69, 9.17) is 31.1 Å². The fourth-order valence-electron chi connectivity index (χ4n) is 4.52. The van der Waals surface area contributed by atoms with Crippen LogP contribution in [0.3, 0.4) is 0 Å². The van der Waals surface area contributed by atoms with Crippen LogP contribution in [0.25, 0.3) is 22.2 Å². The molecular weight excluding hydrogens is 522 g/mol. The molecule has 1 atom stereocenters. The van der Waals surface area contributed by atoms with Gasteiger partial charge in [0, 0.05) is 28.1 Å². The summed E-state index contributed by atoms with van der Waals surface area (Å²) in [6.45, 7) is 0. The molecule has 1 aliphatic heterocycles. The molecule has 0 radical (unpaired) electrons. The molecule has 0 unspecified atom stereocenters. The standard InChI is InChI=1S/C28H22ClN5O3S/c1-38(35,36)33-21-12-9-18(10-13-21)24-17-25(26-8-5-15-37-26)34(32-24)28-30-23-14-11-20(29)16-22(23)27(31-28)19-6-3-2-4-7-19/h2-16,25,33H,17H2,1H3/t25-/m0/s1. The molecule has 0 saturated heterocycles. The maximum absolute atomic E-state index is 11.6. The minimum atomic E-state index is -3.37. The highest BCUT2D eigenvalue weighted by atomic mass is 35.5. The SMILES string of the molecule is CS(=O)(=O)Nc1ccc(C2=NN(c3nc(-c4ccccc4)c4cc(Cl)ccc4n3)[C@H](c3ccco3)C2)cc1. The third-order valence-corrected chi connectivity index (χ3v) is 7.04. The van der Waals surface area contributed by atoms with Crippen molar-refractivity contribution in [1.82, 2.24) is 9.97 Å². The Morgan fingerprint density at radius 2 is 1.74 bits per heavy atom. The van der Waals surface area contributed by atoms with Crippen LogP contribution < -0.4 is 9.73 Å². The van der Waals surface area contributed by atoms with Crippen molar-refractivity contribution in [3.8, 4) is 11.3 Å². The van der Waals surface area contributed by atoms with E-state index in [1.54, 1.807) is 23.4 Å². The van der Waals surface area contributed by atoms with Gasteiger partial charge >= 0.3 is 0 Å². The van der Waals surface area contributed by atoms with Crippen LogP contribution in [0.1, 0.15) is 23.8 Å². The molecule has 0 amide bonds. The van der Waals surface area contributed by atoms with Crippen LogP contribution >= 0.6 is 11.6 Å². The molecule has 0 aliphatic carbocycles. The van der Waals surface area contributed by atoms with Gasteiger partial charge in [0.05, 0.1) is 29.4 Å². The molecule has 38 heavy (non-hydrogen) atoms. The number of aromatic nitrogens is 2. The number of benzene rings is 3. The van der Waals surface area contributed by atoms with Crippen LogP contribution in [-0.2, 0) is 10.0 Å². The maximum atomic E-state index is 11.6. The molecule has 1 N–H and O–H groups in total. The molecule has 0 bridgehead atoms. The predicted molar refractivity (Wildman–Crippen MR) is 150 cm³/mol. The number of rotatable bonds is 6. The molecule has 3 aromatic carbocycles. The highest BCUT2D eigenvalue weighted by Crippen LogP contribution is 2.38. The van der Waals surface area contributed by atoms with Crippen molar-refractivity contribution >= 4 is 49.9 Å². The Balaban J connectivity index is 1.46. The normalized spacial score (nSPS) is 15.6. The molecule has 1 aliphatic rings. The largest absolute Gasteiger partial charge is 0.467 e. The van der Waals surface area contributed by atoms with E-state index in [-0.39, 0.29) is 6.04 Å². The van der Waals surface area contributed by atoms with E-state index in [9.17, 15) is 8.42 Å². The monoisotopic (exact) mass is 543 g/mol. The lowest BCUT2D eigenvalue weighted by Gasteiger charge is -2.21. The number of furan rings is 1. The molecule has 10 heteroatoms. The second-order valence-electron chi connectivity index (χ2n) is 8.98. The summed E-state index contributed by atoms with van der Waals surface area (Å²) in [5, 5.41) is 8.17. The van der Waals surface area contributed by atoms with Gasteiger partial charge in [-0.3, -0.25) is 4.72 Å². The van der Waals surface area contributed by atoms with Crippen molar-refractivity contribution in [2.45, 2.75) is 12.5 Å². The fraction of sp³-hybridized carbons (Fsp3) is 0.107. The number of fused-ring (bicyclic) bond motifs is 1. The van der Waals surface area contributed by atoms with Crippen LogP contribution in [0.15, 0.2) is 101 Å². The smallest absolute Gasteiger partial charge is 0.248 e. The first kappa shape index (κ1) is 24.1. The molecule has 0 spiro atoms. The van der Waals surface area contributed by atoms with Crippen molar-refractivity contribution in [1.29, 1.82) is 0 Å². The number of nitrogens with zero attached hydrogens (tertiary/aromatic N) is 4. The van der Waals surface area contributed by atoms with Gasteiger partial charge in [0.15, 0.2) is 0 Å². The zero-order chi connectivity index (χ0) is 26.3. The molecule has 6 rings (SSSR count). The van der Waals surface area contributed by atoms with Crippen LogP contribution in [0, 0.1) is 0 Å². The van der Waals surface area contributed by atoms with Gasteiger partial charge in [-0.2, -0.15) is 5.10 Å². The van der Waals surface area contributed by atoms with Crippen molar-refractivity contribution < 1.29 is 12.8 Å². The van der Waals surface area contributed by atoms with Crippen molar-refractivity contribution in [3.05, 3.63) is 108 Å². The topological polar surface area (TPSA) is 101 Å². The van der Waals surface area contributed by atoms with Crippen LogP contribution in [0.4, 0.5) is 11.6 Å². The summed E-state index contributed by atoms with van der Waals surface area (Å²) in [4.78, 5) is 9.83. The lowest BCUT2D eigenvalue weighted by atomic mass is 10.0. The Labute approximate surface area is 224 Å². The highest BCUT2D eigenvalue weighted by Gasteiger charge is 2.34. The fourth-order valence-corrected chi connectivity index (χ4v) is 5.26. The average molecular weight is 544 g/mol. The first-order valence-electron chi connectivity index (χ1n) is 11.9. The quantitative estimate of drug-likeness (QED) is 0.271. The van der Waals surface area contributed by atoms with E-state index in [0.29, 0.717) is 23.1 Å². The van der Waals surface area contributed by atoms with Gasteiger partial charge in [-0.15, -0.1) is 0 Å². The van der Waals surface area contributed by atoms with Gasteiger partial charge in [0.2, 0.25) is 16.0 Å². The van der Waals surface area contributed by atoms with Crippen molar-refractivity contribution in [3.63, 3.8) is 0 Å². The molecular formula is C28H22ClN5O3S. The molecule has 5 aromatic rings. The van der Waals surface area contributed by atoms with Gasteiger partial charge < -0.3 is 4.42 Å². The Kier molecular flexibility index (Phi) is 6.09. The van der Waals surface area contributed by atoms with E-state index in [1.165, 1.54) is 0 Å². The number of hydrazone groups is 1. The van der Waals surface area contributed by atoms with Crippen LogP contribution in [0.5, 0.6) is 0 Å². The molecule has 3 heterocycles. The molecule has 8 nitrogen and oxygen atoms in total. The minimum Gasteiger partial charge on any atom is -0.467 e. The van der Waals surface area contributed by atoms with E-state index >= 15 is 0 Å². The summed E-state index contributed by atoms with van der Waals surface area (Å²) in [5.41, 5.74) is 4.59. The van der Waals surface area contributed by atoms with Crippen molar-refractivity contribution in [2.24, 2.45) is 5.10 Å². The predicted octanol–water partition coefficient (Wildman–Crippen LogP) is 6.27. The van der Waals surface area contributed by atoms with Gasteiger partial charge in [-0.25, -0.2) is 23.4 Å². The van der Waals surface area contributed by atoms with Gasteiger partial charge in [0.1, 0.15) is 11.8 Å². The Hall–Kier alpha value is -4.21. The molecule has 0 fully saturated rings. The van der Waals surface area contributed by atoms with Crippen LogP contribution in [-0.4, -0.2) is 30.4 Å². The first-order valence-corrected chi connectivity index (χ1v) is 14.1. The Morgan fingerprint density at radius 3 is 2.45 bits per heavy atom. The highest BCUT2D eigenvalue weighted by molar-refractivity contribution is 7.92. The average Bonchev–Trinajstić information content (AvgIpc) is 3.59.